The van der Waals surface area contributed by atoms with Gasteiger partial charge >= 0.3 is 0 Å². The molecule has 2 aromatic rings. The van der Waals surface area contributed by atoms with Gasteiger partial charge in [0.05, 0.1) is 21.3 Å². The summed E-state index contributed by atoms with van der Waals surface area (Å²) in [5.74, 6) is 1.11. The van der Waals surface area contributed by atoms with E-state index in [4.69, 9.17) is 42.5 Å². The van der Waals surface area contributed by atoms with E-state index >= 15 is 0 Å². The van der Waals surface area contributed by atoms with E-state index in [2.05, 4.69) is 0 Å². The maximum absolute atomic E-state index is 9.47. The van der Waals surface area contributed by atoms with Gasteiger partial charge in [0.2, 0.25) is 0 Å². The minimum atomic E-state index is -2.04. The Morgan fingerprint density at radius 2 is 1.03 bits per heavy atom. The number of rotatable bonds is 9. The molecule has 0 N–H and O–H groups in total. The number of ether oxygens (including phenoxy) is 4. The molecule has 0 heterocycles. The van der Waals surface area contributed by atoms with Crippen LogP contribution in [0.3, 0.4) is 0 Å². The molecule has 0 aliphatic rings. The number of hydrogen-bond acceptors (Lipinski definition) is 8. The zero-order valence-corrected chi connectivity index (χ0v) is 20.3. The SMILES string of the molecule is [B]C([B])([B])Oc1cc(/C(C=C(C#N)C#N)=C(\C=C(C#N)C#N)c2ccc(OC)c(OC)c2)ccc1OC. The van der Waals surface area contributed by atoms with Crippen molar-refractivity contribution in [1.29, 1.82) is 21.0 Å². The number of methoxy groups -OCH3 is 3. The largest absolute Gasteiger partial charge is 0.512 e. The van der Waals surface area contributed by atoms with E-state index in [1.165, 1.54) is 45.6 Å². The Kier molecular flexibility index (Phi) is 9.65. The standard InChI is InChI=1S/C26H17B3N4O4/c1-34-22-6-4-18(10-24(22)36-3)20(8-16(12-30)13-31)21(9-17(14-32)15-33)19-5-7-23(35-2)25(11-19)37-26(27,28)29/h4-11H,1-3H3/b21-20+. The van der Waals surface area contributed by atoms with Crippen LogP contribution in [0.1, 0.15) is 11.1 Å². The van der Waals surface area contributed by atoms with Crippen molar-refractivity contribution < 1.29 is 18.9 Å². The highest BCUT2D eigenvalue weighted by Gasteiger charge is 2.19. The fourth-order valence-corrected chi connectivity index (χ4v) is 3.22. The third kappa shape index (κ3) is 7.25. The highest BCUT2D eigenvalue weighted by Crippen LogP contribution is 2.38. The molecule has 0 aliphatic carbocycles. The van der Waals surface area contributed by atoms with E-state index in [1.807, 2.05) is 24.3 Å². The zero-order valence-electron chi connectivity index (χ0n) is 20.3. The lowest BCUT2D eigenvalue weighted by molar-refractivity contribution is 0.294. The topological polar surface area (TPSA) is 132 Å². The maximum Gasteiger partial charge on any atom is 0.161 e. The molecule has 2 aromatic carbocycles. The van der Waals surface area contributed by atoms with Crippen LogP contribution in [-0.4, -0.2) is 50.2 Å². The second-order valence-corrected chi connectivity index (χ2v) is 7.28. The molecule has 0 spiro atoms. The molecule has 0 saturated heterocycles. The highest BCUT2D eigenvalue weighted by atomic mass is 16.5. The number of nitriles is 4. The summed E-state index contributed by atoms with van der Waals surface area (Å²) >= 11 is 0. The minimum Gasteiger partial charge on any atom is -0.512 e. The number of allylic oxidation sites excluding steroid dienone is 6. The quantitative estimate of drug-likeness (QED) is 0.231. The van der Waals surface area contributed by atoms with E-state index in [9.17, 15) is 21.0 Å². The van der Waals surface area contributed by atoms with E-state index in [0.29, 0.717) is 28.2 Å². The molecule has 0 atom stereocenters. The maximum atomic E-state index is 9.47. The van der Waals surface area contributed by atoms with Gasteiger partial charge in [0.1, 0.15) is 59.0 Å². The smallest absolute Gasteiger partial charge is 0.161 e. The Morgan fingerprint density at radius 3 is 1.38 bits per heavy atom. The van der Waals surface area contributed by atoms with Gasteiger partial charge in [0, 0.05) is 0 Å². The summed E-state index contributed by atoms with van der Waals surface area (Å²) in [6.07, 6.45) is 2.63. The van der Waals surface area contributed by atoms with Gasteiger partial charge < -0.3 is 18.9 Å². The van der Waals surface area contributed by atoms with E-state index in [1.54, 1.807) is 24.3 Å². The zero-order chi connectivity index (χ0) is 27.6. The second-order valence-electron chi connectivity index (χ2n) is 7.28. The highest BCUT2D eigenvalue weighted by molar-refractivity contribution is 6.58. The van der Waals surface area contributed by atoms with Crippen LogP contribution in [-0.2, 0) is 0 Å². The lowest BCUT2D eigenvalue weighted by Crippen LogP contribution is -2.37. The lowest BCUT2D eigenvalue weighted by atomic mass is 9.52. The second kappa shape index (κ2) is 12.6. The van der Waals surface area contributed by atoms with Gasteiger partial charge in [-0.1, -0.05) is 12.1 Å². The predicted octanol–water partition coefficient (Wildman–Crippen LogP) is 3.07. The number of nitrogens with zero attached hydrogens (tertiary/aromatic N) is 4. The van der Waals surface area contributed by atoms with Crippen molar-refractivity contribution in [2.24, 2.45) is 0 Å². The van der Waals surface area contributed by atoms with Gasteiger partial charge in [-0.2, -0.15) is 21.0 Å². The molecule has 0 saturated carbocycles. The van der Waals surface area contributed by atoms with Gasteiger partial charge in [-0.05, 0) is 64.0 Å². The normalized spacial score (nSPS) is 10.7. The summed E-state index contributed by atoms with van der Waals surface area (Å²) in [5.41, 5.74) is 0.961. The van der Waals surface area contributed by atoms with Crippen molar-refractivity contribution in [2.45, 2.75) is 5.30 Å². The molecule has 0 unspecified atom stereocenters. The van der Waals surface area contributed by atoms with E-state index in [-0.39, 0.29) is 28.2 Å². The van der Waals surface area contributed by atoms with Crippen LogP contribution < -0.4 is 18.9 Å². The molecule has 0 amide bonds. The lowest BCUT2D eigenvalue weighted by Gasteiger charge is -2.25. The Morgan fingerprint density at radius 1 is 0.649 bits per heavy atom. The fourth-order valence-electron chi connectivity index (χ4n) is 3.22. The van der Waals surface area contributed by atoms with E-state index in [0.717, 1.165) is 0 Å². The van der Waals surface area contributed by atoms with Crippen molar-refractivity contribution in [3.63, 3.8) is 0 Å². The average Bonchev–Trinajstić information content (AvgIpc) is 2.89. The Bertz CT molecular complexity index is 1410. The fraction of sp³-hybridized carbons (Fsp3) is 0.154. The molecule has 0 bridgehead atoms. The first-order valence-corrected chi connectivity index (χ1v) is 10.4. The molecule has 11 heteroatoms. The molecule has 0 fully saturated rings. The Hall–Kier alpha value is -4.99. The first-order chi connectivity index (χ1) is 17.6. The summed E-state index contributed by atoms with van der Waals surface area (Å²) < 4.78 is 21.4. The van der Waals surface area contributed by atoms with Crippen molar-refractivity contribution >= 4 is 34.7 Å². The Balaban J connectivity index is 3.08. The van der Waals surface area contributed by atoms with E-state index < -0.39 is 5.30 Å². The van der Waals surface area contributed by atoms with Crippen LogP contribution in [0.4, 0.5) is 0 Å². The molecule has 174 valence electrons. The molecule has 0 aliphatic heterocycles. The van der Waals surface area contributed by atoms with Gasteiger partial charge in [-0.15, -0.1) is 0 Å². The van der Waals surface area contributed by atoms with Crippen molar-refractivity contribution in [2.75, 3.05) is 21.3 Å². The van der Waals surface area contributed by atoms with Gasteiger partial charge in [-0.3, -0.25) is 0 Å². The van der Waals surface area contributed by atoms with Crippen molar-refractivity contribution in [3.05, 3.63) is 70.8 Å². The van der Waals surface area contributed by atoms with Gasteiger partial charge in [-0.25, -0.2) is 0 Å². The van der Waals surface area contributed by atoms with Crippen LogP contribution in [0.15, 0.2) is 59.7 Å². The van der Waals surface area contributed by atoms with Crippen molar-refractivity contribution in [3.8, 4) is 47.3 Å². The summed E-state index contributed by atoms with van der Waals surface area (Å²) in [4.78, 5) is 0. The molecule has 0 aromatic heterocycles. The van der Waals surface area contributed by atoms with Crippen LogP contribution in [0.25, 0.3) is 11.1 Å². The summed E-state index contributed by atoms with van der Waals surface area (Å²) in [7, 11) is 21.2. The summed E-state index contributed by atoms with van der Waals surface area (Å²) in [6, 6.07) is 16.8. The molecule has 37 heavy (non-hydrogen) atoms. The Labute approximate surface area is 219 Å². The van der Waals surface area contributed by atoms with Crippen LogP contribution >= 0.6 is 0 Å². The van der Waals surface area contributed by atoms with Crippen LogP contribution in [0, 0.1) is 45.3 Å². The summed E-state index contributed by atoms with van der Waals surface area (Å²) in [5, 5.41) is 35.8. The third-order valence-electron chi connectivity index (χ3n) is 4.81. The third-order valence-corrected chi connectivity index (χ3v) is 4.81. The summed E-state index contributed by atoms with van der Waals surface area (Å²) in [6.45, 7) is 0. The molecular weight excluding hydrogens is 465 g/mol. The van der Waals surface area contributed by atoms with Crippen LogP contribution in [0.2, 0.25) is 0 Å². The van der Waals surface area contributed by atoms with Crippen LogP contribution in [0.5, 0.6) is 23.0 Å². The average molecular weight is 482 g/mol. The minimum absolute atomic E-state index is 0.0605. The van der Waals surface area contributed by atoms with Gasteiger partial charge in [0.25, 0.3) is 0 Å². The monoisotopic (exact) mass is 482 g/mol. The molecular formula is C26H17B3N4O4. The van der Waals surface area contributed by atoms with Crippen molar-refractivity contribution in [1.82, 2.24) is 0 Å². The first kappa shape index (κ1) is 28.3. The predicted molar refractivity (Wildman–Crippen MR) is 139 cm³/mol. The number of benzene rings is 2. The number of hydrogen-bond donors (Lipinski definition) is 0. The molecule has 2 rings (SSSR count). The first-order valence-electron chi connectivity index (χ1n) is 10.4. The molecule has 6 radical (unpaired) electrons. The van der Waals surface area contributed by atoms with Gasteiger partial charge in [0.15, 0.2) is 23.0 Å². The molecule has 8 nitrogen and oxygen atoms in total.